The van der Waals surface area contributed by atoms with E-state index in [9.17, 15) is 9.59 Å². The average molecular weight is 288 g/mol. The molecule has 106 valence electrons. The molecule has 0 spiro atoms. The van der Waals surface area contributed by atoms with Gasteiger partial charge in [0.15, 0.2) is 5.78 Å². The number of aryl methyl sites for hydroxylation is 1. The van der Waals surface area contributed by atoms with E-state index < -0.39 is 0 Å². The lowest BCUT2D eigenvalue weighted by atomic mass is 10.1. The summed E-state index contributed by atoms with van der Waals surface area (Å²) < 4.78 is 3.64. The van der Waals surface area contributed by atoms with Crippen LogP contribution in [-0.2, 0) is 6.42 Å². The highest BCUT2D eigenvalue weighted by Gasteiger charge is 2.27. The molecule has 0 radical (unpaired) electrons. The van der Waals surface area contributed by atoms with Gasteiger partial charge in [0.2, 0.25) is 0 Å². The second kappa shape index (κ2) is 3.85. The molecule has 22 heavy (non-hydrogen) atoms. The summed E-state index contributed by atoms with van der Waals surface area (Å²) in [5, 5.41) is 1.56. The van der Waals surface area contributed by atoms with Gasteiger partial charge in [0.25, 0.3) is 5.56 Å². The average Bonchev–Trinajstić information content (AvgIpc) is 3.08. The van der Waals surface area contributed by atoms with Crippen LogP contribution in [0, 0.1) is 0 Å². The number of para-hydroxylation sites is 2. The van der Waals surface area contributed by atoms with Crippen LogP contribution in [0.2, 0.25) is 0 Å². The van der Waals surface area contributed by atoms with Crippen LogP contribution in [0.1, 0.15) is 22.5 Å². The van der Waals surface area contributed by atoms with Gasteiger partial charge in [-0.15, -0.1) is 0 Å². The molecular formula is C18H12N2O2. The minimum Gasteiger partial charge on any atom is -0.294 e. The first-order chi connectivity index (χ1) is 10.8. The van der Waals surface area contributed by atoms with Gasteiger partial charge in [0.1, 0.15) is 0 Å². The first-order valence-electron chi connectivity index (χ1n) is 7.36. The Morgan fingerprint density at radius 1 is 0.727 bits per heavy atom. The van der Waals surface area contributed by atoms with Crippen molar-refractivity contribution in [2.75, 3.05) is 0 Å². The number of fused-ring (bicyclic) bond motifs is 8. The van der Waals surface area contributed by atoms with Crippen molar-refractivity contribution in [3.63, 3.8) is 0 Å². The Bertz CT molecular complexity index is 1160. The molecule has 0 aliphatic heterocycles. The van der Waals surface area contributed by atoms with E-state index in [0.717, 1.165) is 27.7 Å². The maximum Gasteiger partial charge on any atom is 0.279 e. The van der Waals surface area contributed by atoms with Crippen LogP contribution in [0.15, 0.2) is 53.3 Å². The van der Waals surface area contributed by atoms with E-state index >= 15 is 0 Å². The summed E-state index contributed by atoms with van der Waals surface area (Å²) in [5.74, 6) is 0.166. The predicted octanol–water partition coefficient (Wildman–Crippen LogP) is 2.83. The van der Waals surface area contributed by atoms with Crippen molar-refractivity contribution in [3.05, 3.63) is 70.1 Å². The Morgan fingerprint density at radius 2 is 1.36 bits per heavy atom. The van der Waals surface area contributed by atoms with Crippen molar-refractivity contribution >= 4 is 27.6 Å². The molecular weight excluding hydrogens is 276 g/mol. The first kappa shape index (κ1) is 11.7. The highest BCUT2D eigenvalue weighted by atomic mass is 16.1. The molecule has 2 heterocycles. The molecule has 1 aliphatic rings. The lowest BCUT2D eigenvalue weighted by Gasteiger charge is -2.11. The fourth-order valence-corrected chi connectivity index (χ4v) is 3.67. The SMILES string of the molecule is O=C1CCc2c1c1ccccc1n1c(=O)c3ccccc3n21. The molecule has 0 bridgehead atoms. The van der Waals surface area contributed by atoms with Gasteiger partial charge in [-0.25, -0.2) is 9.03 Å². The molecule has 4 heteroatoms. The van der Waals surface area contributed by atoms with E-state index in [1.54, 1.807) is 4.52 Å². The summed E-state index contributed by atoms with van der Waals surface area (Å²) >= 11 is 0. The monoisotopic (exact) mass is 288 g/mol. The lowest BCUT2D eigenvalue weighted by molar-refractivity contribution is 0.0996. The van der Waals surface area contributed by atoms with Crippen LogP contribution < -0.4 is 5.56 Å². The zero-order chi connectivity index (χ0) is 14.8. The summed E-state index contributed by atoms with van der Waals surface area (Å²) in [6, 6.07) is 15.2. The van der Waals surface area contributed by atoms with Crippen molar-refractivity contribution in [2.24, 2.45) is 0 Å². The summed E-state index contributed by atoms with van der Waals surface area (Å²) in [5.41, 5.74) is 3.34. The van der Waals surface area contributed by atoms with Crippen LogP contribution in [0.5, 0.6) is 0 Å². The Labute approximate surface area is 125 Å². The molecule has 0 unspecified atom stereocenters. The molecule has 0 atom stereocenters. The maximum absolute atomic E-state index is 12.8. The molecule has 5 rings (SSSR count). The third-order valence-electron chi connectivity index (χ3n) is 4.57. The Kier molecular flexibility index (Phi) is 2.06. The molecule has 0 N–H and O–H groups in total. The van der Waals surface area contributed by atoms with Gasteiger partial charge in [0.05, 0.1) is 22.1 Å². The quantitative estimate of drug-likeness (QED) is 0.499. The minimum atomic E-state index is -0.0334. The predicted molar refractivity (Wildman–Crippen MR) is 84.8 cm³/mol. The largest absolute Gasteiger partial charge is 0.294 e. The van der Waals surface area contributed by atoms with Gasteiger partial charge in [-0.1, -0.05) is 30.3 Å². The van der Waals surface area contributed by atoms with E-state index in [1.165, 1.54) is 0 Å². The topological polar surface area (TPSA) is 43.0 Å². The van der Waals surface area contributed by atoms with Crippen molar-refractivity contribution in [1.82, 2.24) is 9.03 Å². The van der Waals surface area contributed by atoms with Gasteiger partial charge in [-0.05, 0) is 24.6 Å². The van der Waals surface area contributed by atoms with E-state index in [4.69, 9.17) is 0 Å². The van der Waals surface area contributed by atoms with Crippen LogP contribution >= 0.6 is 0 Å². The summed E-state index contributed by atoms with van der Waals surface area (Å²) in [4.78, 5) is 25.2. The van der Waals surface area contributed by atoms with E-state index in [2.05, 4.69) is 0 Å². The molecule has 2 aromatic carbocycles. The summed E-state index contributed by atoms with van der Waals surface area (Å²) in [6.07, 6.45) is 1.19. The van der Waals surface area contributed by atoms with Crippen LogP contribution in [-0.4, -0.2) is 14.8 Å². The van der Waals surface area contributed by atoms with Crippen LogP contribution in [0.4, 0.5) is 0 Å². The van der Waals surface area contributed by atoms with Crippen LogP contribution in [0.25, 0.3) is 21.8 Å². The third kappa shape index (κ3) is 1.23. The molecule has 2 aromatic heterocycles. The smallest absolute Gasteiger partial charge is 0.279 e. The standard InChI is InChI=1S/C18H12N2O2/c21-16-10-9-15-17(16)11-5-1-3-7-13(11)20-18(22)12-6-2-4-8-14(12)19(15)20/h1-8H,9-10H2. The Morgan fingerprint density at radius 3 is 2.14 bits per heavy atom. The second-order valence-corrected chi connectivity index (χ2v) is 5.71. The van der Waals surface area contributed by atoms with Crippen molar-refractivity contribution in [1.29, 1.82) is 0 Å². The van der Waals surface area contributed by atoms with Gasteiger partial charge < -0.3 is 0 Å². The minimum absolute atomic E-state index is 0.0334. The summed E-state index contributed by atoms with van der Waals surface area (Å²) in [6.45, 7) is 0. The molecule has 4 nitrogen and oxygen atoms in total. The van der Waals surface area contributed by atoms with Crippen LogP contribution in [0.3, 0.4) is 0 Å². The van der Waals surface area contributed by atoms with Gasteiger partial charge in [-0.3, -0.25) is 9.59 Å². The second-order valence-electron chi connectivity index (χ2n) is 5.71. The maximum atomic E-state index is 12.8. The lowest BCUT2D eigenvalue weighted by Crippen LogP contribution is -2.16. The molecule has 0 saturated heterocycles. The van der Waals surface area contributed by atoms with Gasteiger partial charge in [-0.2, -0.15) is 0 Å². The fourth-order valence-electron chi connectivity index (χ4n) is 3.67. The molecule has 0 fully saturated rings. The van der Waals surface area contributed by atoms with Crippen molar-refractivity contribution in [3.8, 4) is 0 Å². The number of carbonyl (C=O) groups excluding carboxylic acids is 1. The molecule has 0 amide bonds. The van der Waals surface area contributed by atoms with Gasteiger partial charge >= 0.3 is 0 Å². The molecule has 1 aliphatic carbocycles. The summed E-state index contributed by atoms with van der Waals surface area (Å²) in [7, 11) is 0. The Balaban J connectivity index is 2.24. The normalized spacial score (nSPS) is 14.3. The number of carbonyl (C=O) groups is 1. The number of benzene rings is 2. The van der Waals surface area contributed by atoms with E-state index in [1.807, 2.05) is 53.0 Å². The van der Waals surface area contributed by atoms with E-state index in [-0.39, 0.29) is 11.3 Å². The number of aromatic nitrogens is 2. The number of Topliss-reactive ketones (excluding diaryl/α,β-unsaturated/α-hetero) is 1. The number of ketones is 1. The number of rotatable bonds is 0. The molecule has 4 aromatic rings. The third-order valence-corrected chi connectivity index (χ3v) is 4.57. The molecule has 0 saturated carbocycles. The van der Waals surface area contributed by atoms with E-state index in [0.29, 0.717) is 18.2 Å². The highest BCUT2D eigenvalue weighted by Crippen LogP contribution is 2.30. The van der Waals surface area contributed by atoms with Crippen molar-refractivity contribution < 1.29 is 4.79 Å². The number of nitrogens with zero attached hydrogens (tertiary/aromatic N) is 2. The first-order valence-corrected chi connectivity index (χ1v) is 7.36. The highest BCUT2D eigenvalue weighted by molar-refractivity contribution is 6.10. The zero-order valence-electron chi connectivity index (χ0n) is 11.7. The van der Waals surface area contributed by atoms with Gasteiger partial charge in [0, 0.05) is 17.4 Å². The fraction of sp³-hybridized carbons (Fsp3) is 0.111. The number of hydrogen-bond acceptors (Lipinski definition) is 2. The zero-order valence-corrected chi connectivity index (χ0v) is 11.7. The van der Waals surface area contributed by atoms with Crippen molar-refractivity contribution in [2.45, 2.75) is 12.8 Å². The Hall–Kier alpha value is -2.88. The number of hydrogen-bond donors (Lipinski definition) is 0.